The minimum absolute atomic E-state index is 0.0107. The summed E-state index contributed by atoms with van der Waals surface area (Å²) in [6.45, 7) is 1.44. The second kappa shape index (κ2) is 7.99. The molecule has 0 saturated carbocycles. The summed E-state index contributed by atoms with van der Waals surface area (Å²) >= 11 is 0. The van der Waals surface area contributed by atoms with Crippen molar-refractivity contribution in [2.45, 2.75) is 6.42 Å². The number of hydrogen-bond donors (Lipinski definition) is 2. The van der Waals surface area contributed by atoms with Crippen LogP contribution in [0.1, 0.15) is 12.0 Å². The lowest BCUT2D eigenvalue weighted by Crippen LogP contribution is -2.24. The van der Waals surface area contributed by atoms with Gasteiger partial charge in [0.1, 0.15) is 0 Å². The monoisotopic (exact) mass is 263 g/mol. The topological polar surface area (TPSA) is 84.3 Å². The van der Waals surface area contributed by atoms with Crippen molar-refractivity contribution in [2.75, 3.05) is 20.1 Å². The van der Waals surface area contributed by atoms with Gasteiger partial charge in [-0.1, -0.05) is 12.1 Å². The molecule has 0 atom stereocenters. The quantitative estimate of drug-likeness (QED) is 0.336. The van der Waals surface area contributed by atoms with Crippen LogP contribution in [0.25, 0.3) is 6.08 Å². The molecule has 1 aromatic rings. The molecule has 19 heavy (non-hydrogen) atoms. The van der Waals surface area contributed by atoms with E-state index in [9.17, 15) is 14.9 Å². The van der Waals surface area contributed by atoms with Gasteiger partial charge in [0.25, 0.3) is 5.69 Å². The Hall–Kier alpha value is -2.21. The Bertz CT molecular complexity index is 472. The van der Waals surface area contributed by atoms with Gasteiger partial charge in [0, 0.05) is 24.8 Å². The van der Waals surface area contributed by atoms with E-state index in [1.165, 1.54) is 18.2 Å². The number of hydrogen-bond acceptors (Lipinski definition) is 4. The highest BCUT2D eigenvalue weighted by Gasteiger charge is 2.03. The molecule has 0 unspecified atom stereocenters. The number of carbonyl (C=O) groups is 1. The first-order valence-corrected chi connectivity index (χ1v) is 5.98. The maximum atomic E-state index is 11.4. The van der Waals surface area contributed by atoms with E-state index in [1.54, 1.807) is 18.2 Å². The first-order valence-electron chi connectivity index (χ1n) is 5.98. The second-order valence-corrected chi connectivity index (χ2v) is 3.93. The van der Waals surface area contributed by atoms with Crippen LogP contribution in [-0.2, 0) is 4.79 Å². The van der Waals surface area contributed by atoms with Gasteiger partial charge in [0.2, 0.25) is 5.91 Å². The molecule has 1 aromatic carbocycles. The fourth-order valence-electron chi connectivity index (χ4n) is 1.45. The lowest BCUT2D eigenvalue weighted by Gasteiger charge is -2.01. The number of nitro groups is 1. The summed E-state index contributed by atoms with van der Waals surface area (Å²) in [5.41, 5.74) is 0.635. The fraction of sp³-hybridized carbons (Fsp3) is 0.308. The largest absolute Gasteiger partial charge is 0.353 e. The number of non-ortho nitro benzene ring substituents is 1. The van der Waals surface area contributed by atoms with Gasteiger partial charge >= 0.3 is 0 Å². The molecule has 0 spiro atoms. The molecule has 6 heteroatoms. The van der Waals surface area contributed by atoms with E-state index in [4.69, 9.17) is 0 Å². The van der Waals surface area contributed by atoms with Crippen molar-refractivity contribution in [1.29, 1.82) is 0 Å². The van der Waals surface area contributed by atoms with Crippen LogP contribution in [0.5, 0.6) is 0 Å². The smallest absolute Gasteiger partial charge is 0.270 e. The van der Waals surface area contributed by atoms with Gasteiger partial charge in [-0.25, -0.2) is 0 Å². The van der Waals surface area contributed by atoms with Gasteiger partial charge in [-0.3, -0.25) is 14.9 Å². The third-order valence-corrected chi connectivity index (χ3v) is 2.41. The summed E-state index contributed by atoms with van der Waals surface area (Å²) in [5.74, 6) is -0.206. The average molecular weight is 263 g/mol. The Morgan fingerprint density at radius 3 is 2.89 bits per heavy atom. The van der Waals surface area contributed by atoms with Crippen molar-refractivity contribution >= 4 is 17.7 Å². The molecule has 0 aliphatic carbocycles. The Balaban J connectivity index is 2.49. The summed E-state index contributed by atoms with van der Waals surface area (Å²) in [7, 11) is 1.85. The van der Waals surface area contributed by atoms with Crippen LogP contribution in [0.4, 0.5) is 5.69 Å². The van der Waals surface area contributed by atoms with Crippen molar-refractivity contribution in [1.82, 2.24) is 10.6 Å². The fourth-order valence-corrected chi connectivity index (χ4v) is 1.45. The Kier molecular flexibility index (Phi) is 6.25. The van der Waals surface area contributed by atoms with E-state index in [-0.39, 0.29) is 11.6 Å². The molecule has 0 aromatic heterocycles. The SMILES string of the molecule is CNCCCNC(=O)/C=C/c1cccc([N+](=O)[O-])c1. The summed E-state index contributed by atoms with van der Waals surface area (Å²) < 4.78 is 0. The first-order chi connectivity index (χ1) is 9.13. The molecule has 0 heterocycles. The molecule has 0 bridgehead atoms. The standard InChI is InChI=1S/C13H17N3O3/c1-14-8-3-9-15-13(17)7-6-11-4-2-5-12(10-11)16(18)19/h2,4-7,10,14H,3,8-9H2,1H3,(H,15,17)/b7-6+. The van der Waals surface area contributed by atoms with Gasteiger partial charge in [-0.2, -0.15) is 0 Å². The van der Waals surface area contributed by atoms with Crippen molar-refractivity contribution in [3.8, 4) is 0 Å². The summed E-state index contributed by atoms with van der Waals surface area (Å²) in [5, 5.41) is 16.3. The Morgan fingerprint density at radius 1 is 1.42 bits per heavy atom. The summed E-state index contributed by atoms with van der Waals surface area (Å²) in [6, 6.07) is 6.13. The molecular formula is C13H17N3O3. The van der Waals surface area contributed by atoms with Crippen molar-refractivity contribution in [3.63, 3.8) is 0 Å². The van der Waals surface area contributed by atoms with Crippen LogP contribution in [0.3, 0.4) is 0 Å². The highest BCUT2D eigenvalue weighted by molar-refractivity contribution is 5.91. The van der Waals surface area contributed by atoms with Crippen LogP contribution in [-0.4, -0.2) is 31.0 Å². The molecule has 0 fully saturated rings. The summed E-state index contributed by atoms with van der Waals surface area (Å²) in [4.78, 5) is 21.6. The van der Waals surface area contributed by atoms with Gasteiger partial charge < -0.3 is 10.6 Å². The lowest BCUT2D eigenvalue weighted by molar-refractivity contribution is -0.384. The van der Waals surface area contributed by atoms with Gasteiger partial charge in [-0.15, -0.1) is 0 Å². The third-order valence-electron chi connectivity index (χ3n) is 2.41. The van der Waals surface area contributed by atoms with Crippen LogP contribution in [0.15, 0.2) is 30.3 Å². The van der Waals surface area contributed by atoms with Crippen molar-refractivity contribution in [2.24, 2.45) is 0 Å². The van der Waals surface area contributed by atoms with Crippen LogP contribution in [0, 0.1) is 10.1 Å². The molecule has 0 radical (unpaired) electrons. The predicted molar refractivity (Wildman–Crippen MR) is 73.7 cm³/mol. The summed E-state index contributed by atoms with van der Waals surface area (Å²) in [6.07, 6.45) is 3.78. The molecule has 0 aliphatic heterocycles. The van der Waals surface area contributed by atoms with E-state index >= 15 is 0 Å². The van der Waals surface area contributed by atoms with Gasteiger partial charge in [0.05, 0.1) is 4.92 Å². The maximum absolute atomic E-state index is 11.4. The molecule has 6 nitrogen and oxygen atoms in total. The molecule has 1 rings (SSSR count). The number of nitrogens with zero attached hydrogens (tertiary/aromatic N) is 1. The van der Waals surface area contributed by atoms with Crippen molar-refractivity contribution in [3.05, 3.63) is 46.0 Å². The normalized spacial score (nSPS) is 10.6. The van der Waals surface area contributed by atoms with Gasteiger partial charge in [-0.05, 0) is 31.7 Å². The number of nitro benzene ring substituents is 1. The Labute approximate surface area is 111 Å². The second-order valence-electron chi connectivity index (χ2n) is 3.93. The highest BCUT2D eigenvalue weighted by atomic mass is 16.6. The zero-order valence-corrected chi connectivity index (χ0v) is 10.8. The number of carbonyl (C=O) groups excluding carboxylic acids is 1. The predicted octanol–water partition coefficient (Wildman–Crippen LogP) is 1.33. The van der Waals surface area contributed by atoms with Crippen molar-refractivity contribution < 1.29 is 9.72 Å². The maximum Gasteiger partial charge on any atom is 0.270 e. The van der Waals surface area contributed by atoms with E-state index < -0.39 is 4.92 Å². The minimum Gasteiger partial charge on any atom is -0.353 e. The lowest BCUT2D eigenvalue weighted by atomic mass is 10.2. The number of amides is 1. The van der Waals surface area contributed by atoms with E-state index in [1.807, 2.05) is 7.05 Å². The Morgan fingerprint density at radius 2 is 2.21 bits per heavy atom. The van der Waals surface area contributed by atoms with E-state index in [0.29, 0.717) is 12.1 Å². The van der Waals surface area contributed by atoms with Gasteiger partial charge in [0.15, 0.2) is 0 Å². The number of rotatable bonds is 7. The molecule has 0 saturated heterocycles. The average Bonchev–Trinajstić information content (AvgIpc) is 2.41. The zero-order chi connectivity index (χ0) is 14.1. The van der Waals surface area contributed by atoms with Crippen LogP contribution < -0.4 is 10.6 Å². The molecule has 1 amide bonds. The first kappa shape index (κ1) is 14.8. The zero-order valence-electron chi connectivity index (χ0n) is 10.8. The molecule has 102 valence electrons. The number of nitrogens with one attached hydrogen (secondary N) is 2. The van der Waals surface area contributed by atoms with Crippen LogP contribution >= 0.6 is 0 Å². The molecule has 0 aliphatic rings. The van der Waals surface area contributed by atoms with E-state index in [0.717, 1.165) is 13.0 Å². The minimum atomic E-state index is -0.463. The van der Waals surface area contributed by atoms with E-state index in [2.05, 4.69) is 10.6 Å². The third kappa shape index (κ3) is 5.78. The number of benzene rings is 1. The molecular weight excluding hydrogens is 246 g/mol. The van der Waals surface area contributed by atoms with Crippen LogP contribution in [0.2, 0.25) is 0 Å². The highest BCUT2D eigenvalue weighted by Crippen LogP contribution is 2.13. The molecule has 2 N–H and O–H groups in total.